The average molecular weight is 313 g/mol. The third-order valence-electron chi connectivity index (χ3n) is 3.22. The first-order valence-corrected chi connectivity index (χ1v) is 7.92. The van der Waals surface area contributed by atoms with Gasteiger partial charge < -0.3 is 10.6 Å². The second kappa shape index (κ2) is 6.72. The van der Waals surface area contributed by atoms with E-state index in [1.54, 1.807) is 17.5 Å². The van der Waals surface area contributed by atoms with Gasteiger partial charge in [0, 0.05) is 16.3 Å². The number of likely N-dealkylation sites (N-methyl/N-ethyl adjacent to an activating group) is 1. The van der Waals surface area contributed by atoms with Crippen LogP contribution in [0.5, 0.6) is 0 Å². The van der Waals surface area contributed by atoms with E-state index < -0.39 is 0 Å². The Morgan fingerprint density at radius 3 is 2.80 bits per heavy atom. The highest BCUT2D eigenvalue weighted by atomic mass is 35.5. The zero-order valence-corrected chi connectivity index (χ0v) is 13.7. The molecule has 2 N–H and O–H groups in total. The van der Waals surface area contributed by atoms with Crippen LogP contribution in [-0.4, -0.2) is 35.3 Å². The molecule has 0 aliphatic heterocycles. The quantitative estimate of drug-likeness (QED) is 0.892. The monoisotopic (exact) mass is 312 g/mol. The van der Waals surface area contributed by atoms with Gasteiger partial charge in [0.1, 0.15) is 0 Å². The summed E-state index contributed by atoms with van der Waals surface area (Å²) in [5.74, 6) is 0. The van der Waals surface area contributed by atoms with Gasteiger partial charge in [-0.2, -0.15) is 5.10 Å². The Labute approximate surface area is 129 Å². The molecular formula is C14H21ClN4S. The molecule has 0 radical (unpaired) electrons. The Kier molecular flexibility index (Phi) is 5.21. The zero-order chi connectivity index (χ0) is 14.7. The Morgan fingerprint density at radius 2 is 2.20 bits per heavy atom. The fourth-order valence-corrected chi connectivity index (χ4v) is 3.26. The van der Waals surface area contributed by atoms with Crippen LogP contribution in [0.25, 0.3) is 0 Å². The van der Waals surface area contributed by atoms with Gasteiger partial charge in [-0.15, -0.1) is 11.3 Å². The molecule has 0 aliphatic carbocycles. The molecule has 2 heterocycles. The summed E-state index contributed by atoms with van der Waals surface area (Å²) in [6.07, 6.45) is 2.71. The van der Waals surface area contributed by atoms with Crippen molar-refractivity contribution in [1.82, 2.24) is 14.7 Å². The molecule has 2 rings (SSSR count). The SMILES string of the molecule is CCc1ccc(C(N)c2c(Cl)cnn2CCN(C)C)s1. The summed E-state index contributed by atoms with van der Waals surface area (Å²) in [5.41, 5.74) is 7.29. The summed E-state index contributed by atoms with van der Waals surface area (Å²) in [7, 11) is 4.08. The van der Waals surface area contributed by atoms with Crippen molar-refractivity contribution in [1.29, 1.82) is 0 Å². The van der Waals surface area contributed by atoms with Gasteiger partial charge >= 0.3 is 0 Å². The number of halogens is 1. The molecule has 0 bridgehead atoms. The molecule has 0 fully saturated rings. The minimum Gasteiger partial charge on any atom is -0.318 e. The van der Waals surface area contributed by atoms with E-state index in [1.807, 2.05) is 18.8 Å². The Balaban J connectivity index is 2.24. The maximum atomic E-state index is 6.39. The number of aromatic nitrogens is 2. The number of hydrogen-bond donors (Lipinski definition) is 1. The predicted octanol–water partition coefficient (Wildman–Crippen LogP) is 2.77. The van der Waals surface area contributed by atoms with Crippen molar-refractivity contribution >= 4 is 22.9 Å². The molecule has 0 spiro atoms. The normalized spacial score (nSPS) is 13.1. The zero-order valence-electron chi connectivity index (χ0n) is 12.1. The molecule has 2 aromatic heterocycles. The predicted molar refractivity (Wildman–Crippen MR) is 85.5 cm³/mol. The fraction of sp³-hybridized carbons (Fsp3) is 0.500. The molecule has 0 aliphatic rings. The first-order chi connectivity index (χ1) is 9.52. The van der Waals surface area contributed by atoms with Crippen LogP contribution in [0.4, 0.5) is 0 Å². The smallest absolute Gasteiger partial charge is 0.0838 e. The lowest BCUT2D eigenvalue weighted by Crippen LogP contribution is -2.23. The lowest BCUT2D eigenvalue weighted by Gasteiger charge is -2.16. The van der Waals surface area contributed by atoms with E-state index in [1.165, 1.54) is 4.88 Å². The van der Waals surface area contributed by atoms with Crippen LogP contribution in [0.1, 0.15) is 28.4 Å². The van der Waals surface area contributed by atoms with Crippen molar-refractivity contribution in [2.45, 2.75) is 25.9 Å². The van der Waals surface area contributed by atoms with Crippen LogP contribution in [0.2, 0.25) is 5.02 Å². The highest BCUT2D eigenvalue weighted by Crippen LogP contribution is 2.30. The van der Waals surface area contributed by atoms with E-state index in [9.17, 15) is 0 Å². The molecule has 1 atom stereocenters. The van der Waals surface area contributed by atoms with Gasteiger partial charge in [-0.1, -0.05) is 18.5 Å². The minimum absolute atomic E-state index is 0.211. The number of rotatable bonds is 6. The van der Waals surface area contributed by atoms with Gasteiger partial charge in [-0.25, -0.2) is 0 Å². The first-order valence-electron chi connectivity index (χ1n) is 6.73. The van der Waals surface area contributed by atoms with Gasteiger partial charge in [0.05, 0.1) is 29.5 Å². The molecule has 4 nitrogen and oxygen atoms in total. The van der Waals surface area contributed by atoms with E-state index in [-0.39, 0.29) is 6.04 Å². The second-order valence-corrected chi connectivity index (χ2v) is 6.65. The number of thiophene rings is 1. The topological polar surface area (TPSA) is 47.1 Å². The molecule has 110 valence electrons. The fourth-order valence-electron chi connectivity index (χ4n) is 2.04. The van der Waals surface area contributed by atoms with Crippen LogP contribution in [-0.2, 0) is 13.0 Å². The number of aryl methyl sites for hydroxylation is 1. The molecule has 2 aromatic rings. The maximum Gasteiger partial charge on any atom is 0.0838 e. The van der Waals surface area contributed by atoms with E-state index in [0.29, 0.717) is 5.02 Å². The van der Waals surface area contributed by atoms with E-state index in [0.717, 1.165) is 30.1 Å². The van der Waals surface area contributed by atoms with Gasteiger partial charge in [0.2, 0.25) is 0 Å². The number of nitrogens with two attached hydrogens (primary N) is 1. The molecule has 0 amide bonds. The molecule has 0 aromatic carbocycles. The highest BCUT2D eigenvalue weighted by molar-refractivity contribution is 7.12. The van der Waals surface area contributed by atoms with Crippen molar-refractivity contribution in [2.24, 2.45) is 5.73 Å². The van der Waals surface area contributed by atoms with Crippen LogP contribution < -0.4 is 5.73 Å². The Hall–Kier alpha value is -0.880. The van der Waals surface area contributed by atoms with Crippen molar-refractivity contribution in [3.05, 3.63) is 38.8 Å². The number of hydrogen-bond acceptors (Lipinski definition) is 4. The molecule has 6 heteroatoms. The minimum atomic E-state index is -0.211. The van der Waals surface area contributed by atoms with Crippen LogP contribution >= 0.6 is 22.9 Å². The van der Waals surface area contributed by atoms with Crippen LogP contribution in [0.15, 0.2) is 18.3 Å². The molecule has 20 heavy (non-hydrogen) atoms. The molecule has 0 saturated carbocycles. The van der Waals surface area contributed by atoms with Gasteiger partial charge in [-0.05, 0) is 32.6 Å². The second-order valence-electron chi connectivity index (χ2n) is 5.04. The van der Waals surface area contributed by atoms with E-state index in [2.05, 4.69) is 29.1 Å². The third-order valence-corrected chi connectivity index (χ3v) is 4.83. The van der Waals surface area contributed by atoms with Crippen molar-refractivity contribution in [3.8, 4) is 0 Å². The summed E-state index contributed by atoms with van der Waals surface area (Å²) in [4.78, 5) is 4.59. The van der Waals surface area contributed by atoms with Crippen molar-refractivity contribution in [2.75, 3.05) is 20.6 Å². The van der Waals surface area contributed by atoms with Gasteiger partial charge in [0.25, 0.3) is 0 Å². The van der Waals surface area contributed by atoms with Gasteiger partial charge in [-0.3, -0.25) is 4.68 Å². The lowest BCUT2D eigenvalue weighted by molar-refractivity contribution is 0.368. The van der Waals surface area contributed by atoms with Gasteiger partial charge in [0.15, 0.2) is 0 Å². The molecule has 1 unspecified atom stereocenters. The largest absolute Gasteiger partial charge is 0.318 e. The highest BCUT2D eigenvalue weighted by Gasteiger charge is 2.20. The lowest BCUT2D eigenvalue weighted by atomic mass is 10.2. The third kappa shape index (κ3) is 3.41. The Morgan fingerprint density at radius 1 is 1.45 bits per heavy atom. The Bertz CT molecular complexity index is 561. The van der Waals surface area contributed by atoms with E-state index >= 15 is 0 Å². The standard InChI is InChI=1S/C14H21ClN4S/c1-4-10-5-6-12(20-10)13(16)14-11(15)9-17-19(14)8-7-18(2)3/h5-6,9,13H,4,7-8,16H2,1-3H3. The summed E-state index contributed by atoms with van der Waals surface area (Å²) < 4.78 is 1.92. The van der Waals surface area contributed by atoms with E-state index in [4.69, 9.17) is 17.3 Å². The average Bonchev–Trinajstić information content (AvgIpc) is 3.02. The number of nitrogens with zero attached hydrogens (tertiary/aromatic N) is 3. The van der Waals surface area contributed by atoms with Crippen LogP contribution in [0, 0.1) is 0 Å². The summed E-state index contributed by atoms with van der Waals surface area (Å²) in [6, 6.07) is 4.01. The molecular weight excluding hydrogens is 292 g/mol. The molecule has 0 saturated heterocycles. The van der Waals surface area contributed by atoms with Crippen molar-refractivity contribution in [3.63, 3.8) is 0 Å². The maximum absolute atomic E-state index is 6.39. The summed E-state index contributed by atoms with van der Waals surface area (Å²) >= 11 is 8.02. The summed E-state index contributed by atoms with van der Waals surface area (Å²) in [6.45, 7) is 3.84. The van der Waals surface area contributed by atoms with Crippen molar-refractivity contribution < 1.29 is 0 Å². The van der Waals surface area contributed by atoms with Crippen LogP contribution in [0.3, 0.4) is 0 Å². The first kappa shape index (κ1) is 15.5. The summed E-state index contributed by atoms with van der Waals surface area (Å²) in [5, 5.41) is 4.99.